The fraction of sp³-hybridized carbons (Fsp3) is 0.160. The van der Waals surface area contributed by atoms with Gasteiger partial charge < -0.3 is 19.5 Å². The van der Waals surface area contributed by atoms with E-state index in [2.05, 4.69) is 55.2 Å². The van der Waals surface area contributed by atoms with Crippen LogP contribution in [0, 0.1) is 0 Å². The van der Waals surface area contributed by atoms with Crippen molar-refractivity contribution in [1.29, 1.82) is 0 Å². The highest BCUT2D eigenvalue weighted by Gasteiger charge is 2.41. The number of ether oxygens (including phenoxy) is 1. The van der Waals surface area contributed by atoms with Crippen LogP contribution in [0.2, 0.25) is 0 Å². The largest absolute Gasteiger partial charge is 0.497 e. The molecule has 1 N–H and O–H groups in total. The van der Waals surface area contributed by atoms with E-state index in [0.29, 0.717) is 11.7 Å². The minimum absolute atomic E-state index is 0.0588. The van der Waals surface area contributed by atoms with Gasteiger partial charge in [0.1, 0.15) is 5.75 Å². The van der Waals surface area contributed by atoms with Gasteiger partial charge in [0.05, 0.1) is 37.1 Å². The van der Waals surface area contributed by atoms with Crippen LogP contribution in [0.4, 0.5) is 0 Å². The fourth-order valence-corrected chi connectivity index (χ4v) is 4.48. The van der Waals surface area contributed by atoms with E-state index >= 15 is 0 Å². The molecule has 5 rings (SSSR count). The zero-order valence-electron chi connectivity index (χ0n) is 17.6. The lowest BCUT2D eigenvalue weighted by atomic mass is 10.0. The number of aromatic nitrogens is 3. The molecule has 0 spiro atoms. The van der Waals surface area contributed by atoms with E-state index < -0.39 is 0 Å². The first-order valence-corrected chi connectivity index (χ1v) is 10.8. The molecule has 0 bridgehead atoms. The second-order valence-electron chi connectivity index (χ2n) is 7.58. The van der Waals surface area contributed by atoms with Crippen LogP contribution in [0.25, 0.3) is 5.69 Å². The number of pyridine rings is 2. The SMILES string of the molecule is COc1ccc(-n2cccc2[C@H]2[C@@H](c3ccccn3)NC(=S)N2Cc2ccccn2)cc1. The highest BCUT2D eigenvalue weighted by atomic mass is 32.1. The number of nitrogens with zero attached hydrogens (tertiary/aromatic N) is 4. The molecule has 1 aliphatic heterocycles. The van der Waals surface area contributed by atoms with Crippen LogP contribution >= 0.6 is 12.2 Å². The summed E-state index contributed by atoms with van der Waals surface area (Å²) in [6.45, 7) is 0.606. The minimum Gasteiger partial charge on any atom is -0.497 e. The summed E-state index contributed by atoms with van der Waals surface area (Å²) in [5.41, 5.74) is 4.09. The Morgan fingerprint density at radius 1 is 0.938 bits per heavy atom. The van der Waals surface area contributed by atoms with Crippen LogP contribution in [0.3, 0.4) is 0 Å². The molecule has 1 aromatic carbocycles. The van der Waals surface area contributed by atoms with E-state index in [1.807, 2.05) is 60.9 Å². The summed E-state index contributed by atoms with van der Waals surface area (Å²) < 4.78 is 7.52. The van der Waals surface area contributed by atoms with Gasteiger partial charge >= 0.3 is 0 Å². The predicted octanol–water partition coefficient (Wildman–Crippen LogP) is 4.45. The van der Waals surface area contributed by atoms with Crippen LogP contribution in [-0.2, 0) is 6.54 Å². The quantitative estimate of drug-likeness (QED) is 0.446. The number of thiocarbonyl (C=S) groups is 1. The highest BCUT2D eigenvalue weighted by molar-refractivity contribution is 7.80. The molecule has 0 saturated carbocycles. The van der Waals surface area contributed by atoms with E-state index in [4.69, 9.17) is 17.0 Å². The number of benzene rings is 1. The summed E-state index contributed by atoms with van der Waals surface area (Å²) in [7, 11) is 1.67. The molecule has 0 aliphatic carbocycles. The van der Waals surface area contributed by atoms with Crippen LogP contribution in [0.15, 0.2) is 91.4 Å². The summed E-state index contributed by atoms with van der Waals surface area (Å²) in [6, 6.07) is 24.0. The molecule has 0 unspecified atom stereocenters. The van der Waals surface area contributed by atoms with E-state index in [9.17, 15) is 0 Å². The molecule has 1 saturated heterocycles. The normalized spacial score (nSPS) is 17.9. The lowest BCUT2D eigenvalue weighted by molar-refractivity contribution is 0.299. The molecule has 160 valence electrons. The summed E-state index contributed by atoms with van der Waals surface area (Å²) >= 11 is 5.79. The van der Waals surface area contributed by atoms with Crippen LogP contribution in [0.5, 0.6) is 5.75 Å². The van der Waals surface area contributed by atoms with Crippen LogP contribution < -0.4 is 10.1 Å². The molecule has 0 radical (unpaired) electrons. The second-order valence-corrected chi connectivity index (χ2v) is 7.96. The zero-order valence-corrected chi connectivity index (χ0v) is 18.4. The maximum absolute atomic E-state index is 5.79. The van der Waals surface area contributed by atoms with Crippen LogP contribution in [-0.4, -0.2) is 31.7 Å². The number of hydrogen-bond acceptors (Lipinski definition) is 4. The first kappa shape index (κ1) is 20.2. The van der Waals surface area contributed by atoms with Crippen molar-refractivity contribution >= 4 is 17.3 Å². The van der Waals surface area contributed by atoms with Crippen molar-refractivity contribution in [1.82, 2.24) is 24.8 Å². The maximum atomic E-state index is 5.79. The third-order valence-corrected chi connectivity index (χ3v) is 6.04. The Kier molecular flexibility index (Phi) is 5.56. The number of hydrogen-bond donors (Lipinski definition) is 1. The van der Waals surface area contributed by atoms with Crippen molar-refractivity contribution in [3.8, 4) is 11.4 Å². The van der Waals surface area contributed by atoms with Gasteiger partial charge in [-0.15, -0.1) is 0 Å². The second kappa shape index (κ2) is 8.80. The van der Waals surface area contributed by atoms with E-state index in [-0.39, 0.29) is 12.1 Å². The highest BCUT2D eigenvalue weighted by Crippen LogP contribution is 2.40. The third-order valence-electron chi connectivity index (χ3n) is 5.69. The van der Waals surface area contributed by atoms with Crippen molar-refractivity contribution in [2.45, 2.75) is 18.6 Å². The van der Waals surface area contributed by atoms with Crippen molar-refractivity contribution in [2.75, 3.05) is 7.11 Å². The van der Waals surface area contributed by atoms with Gasteiger partial charge in [-0.1, -0.05) is 12.1 Å². The summed E-state index contributed by atoms with van der Waals surface area (Å²) in [6.07, 6.45) is 5.71. The van der Waals surface area contributed by atoms with E-state index in [0.717, 1.165) is 28.5 Å². The van der Waals surface area contributed by atoms with Gasteiger partial charge in [0, 0.05) is 30.0 Å². The Bertz CT molecular complexity index is 1190. The molecule has 6 nitrogen and oxygen atoms in total. The molecule has 7 heteroatoms. The minimum atomic E-state index is -0.0840. The Labute approximate surface area is 192 Å². The topological polar surface area (TPSA) is 55.2 Å². The molecule has 3 aromatic heterocycles. The van der Waals surface area contributed by atoms with Crippen molar-refractivity contribution in [3.05, 3.63) is 108 Å². The summed E-state index contributed by atoms with van der Waals surface area (Å²) in [5, 5.41) is 4.20. The Hall–Kier alpha value is -3.71. The van der Waals surface area contributed by atoms with Crippen molar-refractivity contribution < 1.29 is 4.74 Å². The van der Waals surface area contributed by atoms with Gasteiger partial charge in [0.2, 0.25) is 0 Å². The molecule has 1 fully saturated rings. The Morgan fingerprint density at radius 3 is 2.41 bits per heavy atom. The Morgan fingerprint density at radius 2 is 1.72 bits per heavy atom. The average Bonchev–Trinajstić information content (AvgIpc) is 3.45. The maximum Gasteiger partial charge on any atom is 0.170 e. The molecule has 0 amide bonds. The van der Waals surface area contributed by atoms with Crippen molar-refractivity contribution in [2.24, 2.45) is 0 Å². The number of rotatable bonds is 6. The molecule has 1 aliphatic rings. The van der Waals surface area contributed by atoms with E-state index in [1.165, 1.54) is 0 Å². The average molecular weight is 442 g/mol. The van der Waals surface area contributed by atoms with Gasteiger partial charge in [-0.2, -0.15) is 0 Å². The molecular formula is C25H23N5OS. The summed E-state index contributed by atoms with van der Waals surface area (Å²) in [5.74, 6) is 0.828. The molecule has 32 heavy (non-hydrogen) atoms. The molecule has 4 aromatic rings. The molecule has 4 heterocycles. The van der Waals surface area contributed by atoms with Gasteiger partial charge in [-0.3, -0.25) is 9.97 Å². The van der Waals surface area contributed by atoms with E-state index in [1.54, 1.807) is 7.11 Å². The van der Waals surface area contributed by atoms with Gasteiger partial charge in [-0.25, -0.2) is 0 Å². The first-order chi connectivity index (χ1) is 15.7. The predicted molar refractivity (Wildman–Crippen MR) is 128 cm³/mol. The summed E-state index contributed by atoms with van der Waals surface area (Å²) in [4.78, 5) is 11.4. The molecule has 2 atom stereocenters. The van der Waals surface area contributed by atoms with Crippen LogP contribution in [0.1, 0.15) is 29.2 Å². The number of nitrogens with one attached hydrogen (secondary N) is 1. The smallest absolute Gasteiger partial charge is 0.170 e. The Balaban J connectivity index is 1.58. The van der Waals surface area contributed by atoms with Gasteiger partial charge in [0.25, 0.3) is 0 Å². The molecular weight excluding hydrogens is 418 g/mol. The lowest BCUT2D eigenvalue weighted by Gasteiger charge is -2.28. The zero-order chi connectivity index (χ0) is 21.9. The van der Waals surface area contributed by atoms with Gasteiger partial charge in [0.15, 0.2) is 5.11 Å². The third kappa shape index (κ3) is 3.83. The fourth-order valence-electron chi connectivity index (χ4n) is 4.18. The van der Waals surface area contributed by atoms with Crippen molar-refractivity contribution in [3.63, 3.8) is 0 Å². The monoisotopic (exact) mass is 441 g/mol. The van der Waals surface area contributed by atoms with Gasteiger partial charge in [-0.05, 0) is 72.9 Å². The first-order valence-electron chi connectivity index (χ1n) is 10.4. The number of methoxy groups -OCH3 is 1. The standard InChI is InChI=1S/C25H23N5OS/c1-31-20-12-10-19(11-13-20)29-16-6-9-22(29)24-23(21-8-3-5-15-27-21)28-25(32)30(24)17-18-7-2-4-14-26-18/h2-16,23-24H,17H2,1H3,(H,28,32)/t23-,24+/m1/s1. The lowest BCUT2D eigenvalue weighted by Crippen LogP contribution is -2.30.